The predicted molar refractivity (Wildman–Crippen MR) is 120 cm³/mol. The van der Waals surface area contributed by atoms with Gasteiger partial charge in [0.05, 0.1) is 11.9 Å². The first-order valence-corrected chi connectivity index (χ1v) is 10.8. The van der Waals surface area contributed by atoms with Crippen LogP contribution in [-0.4, -0.2) is 39.7 Å². The van der Waals surface area contributed by atoms with Crippen molar-refractivity contribution in [2.75, 3.05) is 6.54 Å². The van der Waals surface area contributed by atoms with Gasteiger partial charge in [0.2, 0.25) is 5.69 Å². The summed E-state index contributed by atoms with van der Waals surface area (Å²) in [4.78, 5) is 32.4. The number of hydrogen-bond donors (Lipinski definition) is 5. The monoisotopic (exact) mass is 445 g/mol. The van der Waals surface area contributed by atoms with Gasteiger partial charge in [0.15, 0.2) is 0 Å². The molecule has 1 saturated carbocycles. The third-order valence-electron chi connectivity index (χ3n) is 5.21. The molecule has 1 aliphatic rings. The maximum Gasteiger partial charge on any atom is 0.363 e. The highest BCUT2D eigenvalue weighted by Gasteiger charge is 2.29. The van der Waals surface area contributed by atoms with E-state index in [0.717, 1.165) is 36.9 Å². The standard InChI is InChI=1S/C21H28N6O3S/c1-15-13-24-19(14-23-15)20(28)22-12-11-16-7-9-18(10-8-16)27(30,31)26-21(29)25-17-5-3-2-4-6-17/h7-10,13-14,17,30-31H,2-6,11-12H2,1H3,(H2-,22,25,26,28,29)/p+1. The van der Waals surface area contributed by atoms with Crippen LogP contribution in [0.5, 0.6) is 0 Å². The Balaban J connectivity index is 1.47. The Morgan fingerprint density at radius 3 is 2.48 bits per heavy atom. The van der Waals surface area contributed by atoms with Crippen molar-refractivity contribution in [3.8, 4) is 0 Å². The minimum Gasteiger partial charge on any atom is -0.350 e. The second kappa shape index (κ2) is 10.6. The van der Waals surface area contributed by atoms with E-state index in [-0.39, 0.29) is 17.6 Å². The summed E-state index contributed by atoms with van der Waals surface area (Å²) in [6.07, 6.45) is 8.90. The van der Waals surface area contributed by atoms with Gasteiger partial charge in [0, 0.05) is 35.1 Å². The molecule has 10 heteroatoms. The van der Waals surface area contributed by atoms with Gasteiger partial charge in [-0.2, -0.15) is 5.21 Å². The molecule has 2 aromatic rings. The molecule has 0 aliphatic heterocycles. The third kappa shape index (κ3) is 6.91. The summed E-state index contributed by atoms with van der Waals surface area (Å²) in [5, 5.41) is 16.2. The Kier molecular flexibility index (Phi) is 7.83. The van der Waals surface area contributed by atoms with E-state index in [1.165, 1.54) is 12.6 Å². The molecule has 9 nitrogen and oxygen atoms in total. The first-order valence-electron chi connectivity index (χ1n) is 10.4. The number of thiol groups is 1. The molecule has 1 aliphatic carbocycles. The summed E-state index contributed by atoms with van der Waals surface area (Å²) in [5.41, 5.74) is 4.83. The molecular weight excluding hydrogens is 416 g/mol. The molecule has 3 amide bonds. The van der Waals surface area contributed by atoms with Crippen molar-refractivity contribution < 1.29 is 14.8 Å². The lowest BCUT2D eigenvalue weighted by atomic mass is 9.96. The van der Waals surface area contributed by atoms with Gasteiger partial charge in [-0.15, -0.1) is 5.43 Å². The Labute approximate surface area is 187 Å². The molecule has 1 heterocycles. The number of amides is 3. The van der Waals surface area contributed by atoms with Gasteiger partial charge < -0.3 is 10.6 Å². The number of carbonyl (C=O) groups excluding carboxylic acids is 2. The maximum atomic E-state index is 12.2. The summed E-state index contributed by atoms with van der Waals surface area (Å²) in [7, 11) is 0. The van der Waals surface area contributed by atoms with Crippen molar-refractivity contribution in [1.82, 2.24) is 30.2 Å². The molecule has 0 radical (unpaired) electrons. The quantitative estimate of drug-likeness (QED) is 0.255. The van der Waals surface area contributed by atoms with Crippen LogP contribution in [-0.2, 0) is 6.42 Å². The molecule has 3 rings (SSSR count). The first-order chi connectivity index (χ1) is 14.8. The van der Waals surface area contributed by atoms with Crippen molar-refractivity contribution in [2.24, 2.45) is 0 Å². The number of nitrogens with one attached hydrogen (secondary N) is 3. The predicted octanol–water partition coefficient (Wildman–Crippen LogP) is 2.85. The summed E-state index contributed by atoms with van der Waals surface area (Å²) in [5.74, 6) is -0.279. The number of rotatable bonds is 7. The van der Waals surface area contributed by atoms with Gasteiger partial charge in [0.25, 0.3) is 5.91 Å². The topological polar surface area (TPSA) is 116 Å². The fraction of sp³-hybridized carbons (Fsp3) is 0.429. The summed E-state index contributed by atoms with van der Waals surface area (Å²) >= 11 is 4.16. The number of urea groups is 1. The second-order valence-corrected chi connectivity index (χ2v) is 8.32. The van der Waals surface area contributed by atoms with E-state index >= 15 is 0 Å². The van der Waals surface area contributed by atoms with E-state index in [1.54, 1.807) is 18.3 Å². The van der Waals surface area contributed by atoms with Crippen molar-refractivity contribution in [2.45, 2.75) is 51.5 Å². The summed E-state index contributed by atoms with van der Waals surface area (Å²) in [6.45, 7) is 2.23. The van der Waals surface area contributed by atoms with Crippen molar-refractivity contribution >= 4 is 30.4 Å². The number of nitrogens with zero attached hydrogens (tertiary/aromatic N) is 3. The summed E-state index contributed by atoms with van der Waals surface area (Å²) in [6, 6.07) is 6.65. The Bertz CT molecular complexity index is 883. The molecule has 1 aromatic heterocycles. The second-order valence-electron chi connectivity index (χ2n) is 7.74. The van der Waals surface area contributed by atoms with Crippen LogP contribution < -0.4 is 20.2 Å². The van der Waals surface area contributed by atoms with Gasteiger partial charge in [0.1, 0.15) is 18.5 Å². The Hall–Kier alpha value is -2.69. The van der Waals surface area contributed by atoms with Crippen molar-refractivity contribution in [3.05, 3.63) is 53.6 Å². The highest BCUT2D eigenvalue weighted by molar-refractivity contribution is 7.79. The molecule has 31 heavy (non-hydrogen) atoms. The number of aromatic nitrogens is 2. The summed E-state index contributed by atoms with van der Waals surface area (Å²) < 4.78 is -1.05. The SMILES string of the molecule is Cc1cnc(C(=O)NCCc2ccc([N+](O)(S)NC(=O)NC3CCCCC3)cc2)cn1. The fourth-order valence-corrected chi connectivity index (χ4v) is 3.69. The molecule has 0 bridgehead atoms. The number of quaternary nitrogens is 1. The third-order valence-corrected chi connectivity index (χ3v) is 5.54. The molecule has 1 aromatic carbocycles. The normalized spacial score (nSPS) is 16.2. The molecule has 1 fully saturated rings. The van der Waals surface area contributed by atoms with Crippen LogP contribution in [0.1, 0.15) is 53.8 Å². The molecule has 0 saturated heterocycles. The minimum atomic E-state index is -1.05. The molecular formula is C21H29N6O3S+. The average Bonchev–Trinajstić information content (AvgIpc) is 2.75. The number of aryl methyl sites for hydroxylation is 1. The van der Waals surface area contributed by atoms with Gasteiger partial charge in [-0.25, -0.2) is 9.78 Å². The maximum absolute atomic E-state index is 12.2. The molecule has 4 N–H and O–H groups in total. The molecule has 0 spiro atoms. The van der Waals surface area contributed by atoms with Crippen LogP contribution >= 0.6 is 12.8 Å². The molecule has 1 unspecified atom stereocenters. The smallest absolute Gasteiger partial charge is 0.350 e. The molecule has 1 atom stereocenters. The van der Waals surface area contributed by atoms with E-state index in [1.807, 2.05) is 19.1 Å². The van der Waals surface area contributed by atoms with E-state index in [9.17, 15) is 14.8 Å². The number of carbonyl (C=O) groups is 2. The molecule has 166 valence electrons. The van der Waals surface area contributed by atoms with E-state index in [4.69, 9.17) is 0 Å². The number of hydrogen-bond acceptors (Lipinski definition) is 6. The highest BCUT2D eigenvalue weighted by atomic mass is 32.1. The zero-order chi connectivity index (χ0) is 22.3. The largest absolute Gasteiger partial charge is 0.363 e. The zero-order valence-corrected chi connectivity index (χ0v) is 18.4. The zero-order valence-electron chi connectivity index (χ0n) is 17.5. The minimum absolute atomic E-state index is 0.130. The highest BCUT2D eigenvalue weighted by Crippen LogP contribution is 2.22. The lowest BCUT2D eigenvalue weighted by Gasteiger charge is -2.26. The van der Waals surface area contributed by atoms with Crippen LogP contribution in [0.15, 0.2) is 36.7 Å². The van der Waals surface area contributed by atoms with Gasteiger partial charge in [-0.05, 0) is 31.7 Å². The fourth-order valence-electron chi connectivity index (χ4n) is 3.46. The van der Waals surface area contributed by atoms with E-state index in [2.05, 4.69) is 38.8 Å². The lowest BCUT2D eigenvalue weighted by molar-refractivity contribution is -0.00794. The van der Waals surface area contributed by atoms with Gasteiger partial charge >= 0.3 is 6.03 Å². The van der Waals surface area contributed by atoms with Crippen molar-refractivity contribution in [3.63, 3.8) is 0 Å². The van der Waals surface area contributed by atoms with Crippen LogP contribution in [0.25, 0.3) is 0 Å². The number of benzene rings is 1. The Morgan fingerprint density at radius 1 is 1.13 bits per heavy atom. The average molecular weight is 446 g/mol. The lowest BCUT2D eigenvalue weighted by Crippen LogP contribution is -2.57. The first kappa shape index (κ1) is 23.0. The van der Waals surface area contributed by atoms with Crippen LogP contribution in [0.3, 0.4) is 0 Å². The van der Waals surface area contributed by atoms with Crippen molar-refractivity contribution in [1.29, 1.82) is 0 Å². The van der Waals surface area contributed by atoms with Gasteiger partial charge in [-0.3, -0.25) is 9.78 Å². The van der Waals surface area contributed by atoms with Crippen LogP contribution in [0.2, 0.25) is 0 Å². The Morgan fingerprint density at radius 2 is 1.84 bits per heavy atom. The van der Waals surface area contributed by atoms with E-state index < -0.39 is 10.2 Å². The van der Waals surface area contributed by atoms with Crippen LogP contribution in [0.4, 0.5) is 10.5 Å². The van der Waals surface area contributed by atoms with E-state index in [0.29, 0.717) is 18.7 Å². The van der Waals surface area contributed by atoms with Crippen LogP contribution in [0, 0.1) is 6.92 Å². The van der Waals surface area contributed by atoms with Gasteiger partial charge in [-0.1, -0.05) is 31.4 Å².